The SMILES string of the molecule is CC(c1cccs1)N(C)c1nc(Cl)ncc1Cl. The van der Waals surface area contributed by atoms with Crippen LogP contribution in [0.3, 0.4) is 0 Å². The molecule has 0 fully saturated rings. The first kappa shape index (κ1) is 12.6. The van der Waals surface area contributed by atoms with Crippen molar-refractivity contribution in [2.24, 2.45) is 0 Å². The number of thiophene rings is 1. The van der Waals surface area contributed by atoms with Gasteiger partial charge in [0.15, 0.2) is 5.82 Å². The molecule has 90 valence electrons. The van der Waals surface area contributed by atoms with Crippen LogP contribution >= 0.6 is 34.5 Å². The molecule has 0 bridgehead atoms. The summed E-state index contributed by atoms with van der Waals surface area (Å²) in [6.07, 6.45) is 1.52. The normalized spacial score (nSPS) is 12.5. The highest BCUT2D eigenvalue weighted by Gasteiger charge is 2.17. The molecule has 2 rings (SSSR count). The monoisotopic (exact) mass is 287 g/mol. The first-order chi connectivity index (χ1) is 8.09. The lowest BCUT2D eigenvalue weighted by molar-refractivity contribution is 0.740. The summed E-state index contributed by atoms with van der Waals surface area (Å²) in [5, 5.41) is 2.75. The van der Waals surface area contributed by atoms with Crippen molar-refractivity contribution >= 4 is 40.4 Å². The number of halogens is 2. The van der Waals surface area contributed by atoms with Crippen LogP contribution in [0.25, 0.3) is 0 Å². The van der Waals surface area contributed by atoms with Gasteiger partial charge in [0.05, 0.1) is 12.2 Å². The molecule has 0 radical (unpaired) electrons. The van der Waals surface area contributed by atoms with E-state index in [1.807, 2.05) is 23.4 Å². The molecule has 0 aromatic carbocycles. The van der Waals surface area contributed by atoms with Crippen LogP contribution in [-0.4, -0.2) is 17.0 Å². The van der Waals surface area contributed by atoms with Gasteiger partial charge in [0.1, 0.15) is 5.02 Å². The highest BCUT2D eigenvalue weighted by molar-refractivity contribution is 7.10. The molecule has 3 nitrogen and oxygen atoms in total. The molecule has 0 saturated carbocycles. The number of anilines is 1. The molecule has 0 aliphatic carbocycles. The summed E-state index contributed by atoms with van der Waals surface area (Å²) in [5.74, 6) is 0.646. The summed E-state index contributed by atoms with van der Waals surface area (Å²) in [6, 6.07) is 4.31. The highest BCUT2D eigenvalue weighted by Crippen LogP contribution is 2.31. The zero-order valence-corrected chi connectivity index (χ0v) is 11.7. The third-order valence-corrected chi connectivity index (χ3v) is 4.06. The second-order valence-corrected chi connectivity index (χ2v) is 5.34. The first-order valence-corrected chi connectivity index (χ1v) is 6.67. The zero-order valence-electron chi connectivity index (χ0n) is 9.39. The van der Waals surface area contributed by atoms with E-state index in [0.717, 1.165) is 0 Å². The molecule has 2 aromatic heterocycles. The van der Waals surface area contributed by atoms with Gasteiger partial charge >= 0.3 is 0 Å². The van der Waals surface area contributed by atoms with Crippen LogP contribution in [-0.2, 0) is 0 Å². The Morgan fingerprint density at radius 2 is 2.18 bits per heavy atom. The maximum Gasteiger partial charge on any atom is 0.224 e. The maximum atomic E-state index is 6.07. The van der Waals surface area contributed by atoms with E-state index in [-0.39, 0.29) is 11.3 Å². The molecule has 0 aliphatic heterocycles. The van der Waals surface area contributed by atoms with Crippen molar-refractivity contribution in [1.29, 1.82) is 0 Å². The Bertz CT molecular complexity index is 501. The molecule has 1 unspecified atom stereocenters. The Morgan fingerprint density at radius 1 is 1.41 bits per heavy atom. The molecule has 0 aliphatic rings. The van der Waals surface area contributed by atoms with Crippen LogP contribution in [0.5, 0.6) is 0 Å². The van der Waals surface area contributed by atoms with E-state index in [4.69, 9.17) is 23.2 Å². The minimum absolute atomic E-state index is 0.193. The van der Waals surface area contributed by atoms with E-state index in [9.17, 15) is 0 Å². The van der Waals surface area contributed by atoms with Gasteiger partial charge in [-0.25, -0.2) is 4.98 Å². The number of aromatic nitrogens is 2. The van der Waals surface area contributed by atoms with Crippen LogP contribution in [0.15, 0.2) is 23.7 Å². The fourth-order valence-corrected chi connectivity index (χ4v) is 2.67. The Hall–Kier alpha value is -0.840. The molecule has 0 amide bonds. The van der Waals surface area contributed by atoms with E-state index < -0.39 is 0 Å². The van der Waals surface area contributed by atoms with E-state index in [1.54, 1.807) is 11.3 Å². The third-order valence-electron chi connectivity index (χ3n) is 2.57. The predicted molar refractivity (Wildman–Crippen MR) is 73.2 cm³/mol. The molecule has 0 N–H and O–H groups in total. The molecule has 17 heavy (non-hydrogen) atoms. The molecular weight excluding hydrogens is 277 g/mol. The molecular formula is C11H11Cl2N3S. The Morgan fingerprint density at radius 3 is 2.82 bits per heavy atom. The zero-order chi connectivity index (χ0) is 12.4. The van der Waals surface area contributed by atoms with Crippen LogP contribution < -0.4 is 4.90 Å². The summed E-state index contributed by atoms with van der Waals surface area (Å²) in [5.41, 5.74) is 0. The standard InChI is InChI=1S/C11H11Cl2N3S/c1-7(9-4-3-5-17-9)16(2)10-8(12)6-14-11(13)15-10/h3-7H,1-2H3. The van der Waals surface area contributed by atoms with Crippen molar-refractivity contribution < 1.29 is 0 Å². The summed E-state index contributed by atoms with van der Waals surface area (Å²) >= 11 is 13.6. The largest absolute Gasteiger partial charge is 0.351 e. The number of nitrogens with zero attached hydrogens (tertiary/aromatic N) is 3. The lowest BCUT2D eigenvalue weighted by Crippen LogP contribution is -2.22. The minimum Gasteiger partial charge on any atom is -0.351 e. The molecule has 0 saturated heterocycles. The van der Waals surface area contributed by atoms with Gasteiger partial charge in [-0.05, 0) is 30.0 Å². The maximum absolute atomic E-state index is 6.07. The average molecular weight is 288 g/mol. The van der Waals surface area contributed by atoms with Crippen LogP contribution in [0.2, 0.25) is 10.3 Å². The number of rotatable bonds is 3. The number of hydrogen-bond donors (Lipinski definition) is 0. The van der Waals surface area contributed by atoms with Crippen molar-refractivity contribution in [3.05, 3.63) is 38.9 Å². The van der Waals surface area contributed by atoms with Crippen LogP contribution in [0.4, 0.5) is 5.82 Å². The van der Waals surface area contributed by atoms with Gasteiger partial charge in [-0.1, -0.05) is 17.7 Å². The topological polar surface area (TPSA) is 29.0 Å². The van der Waals surface area contributed by atoms with Gasteiger partial charge in [-0.2, -0.15) is 4.98 Å². The van der Waals surface area contributed by atoms with Crippen molar-refractivity contribution in [1.82, 2.24) is 9.97 Å². The highest BCUT2D eigenvalue weighted by atomic mass is 35.5. The van der Waals surface area contributed by atoms with Crippen LogP contribution in [0, 0.1) is 0 Å². The average Bonchev–Trinajstić information content (AvgIpc) is 2.84. The predicted octanol–water partition coefficient (Wildman–Crippen LogP) is 4.04. The van der Waals surface area contributed by atoms with E-state index in [1.165, 1.54) is 11.1 Å². The summed E-state index contributed by atoms with van der Waals surface area (Å²) in [4.78, 5) is 11.2. The van der Waals surface area contributed by atoms with Gasteiger partial charge < -0.3 is 4.90 Å². The molecule has 2 aromatic rings. The van der Waals surface area contributed by atoms with Crippen LogP contribution in [0.1, 0.15) is 17.8 Å². The molecule has 2 heterocycles. The van der Waals surface area contributed by atoms with Gasteiger partial charge in [0.25, 0.3) is 0 Å². The van der Waals surface area contributed by atoms with Crippen molar-refractivity contribution in [2.75, 3.05) is 11.9 Å². The van der Waals surface area contributed by atoms with Gasteiger partial charge in [-0.3, -0.25) is 0 Å². The quantitative estimate of drug-likeness (QED) is 0.798. The summed E-state index contributed by atoms with van der Waals surface area (Å²) in [7, 11) is 1.94. The Kier molecular flexibility index (Phi) is 3.86. The third kappa shape index (κ3) is 2.70. The smallest absolute Gasteiger partial charge is 0.224 e. The second-order valence-electron chi connectivity index (χ2n) is 3.61. The number of hydrogen-bond acceptors (Lipinski definition) is 4. The molecule has 1 atom stereocenters. The van der Waals surface area contributed by atoms with Crippen molar-refractivity contribution in [2.45, 2.75) is 13.0 Å². The molecule has 0 spiro atoms. The van der Waals surface area contributed by atoms with Crippen molar-refractivity contribution in [3.63, 3.8) is 0 Å². The fraction of sp³-hybridized carbons (Fsp3) is 0.273. The minimum atomic E-state index is 0.193. The van der Waals surface area contributed by atoms with E-state index in [2.05, 4.69) is 23.0 Å². The van der Waals surface area contributed by atoms with E-state index >= 15 is 0 Å². The lowest BCUT2D eigenvalue weighted by Gasteiger charge is -2.25. The summed E-state index contributed by atoms with van der Waals surface area (Å²) in [6.45, 7) is 2.10. The lowest BCUT2D eigenvalue weighted by atomic mass is 10.2. The van der Waals surface area contributed by atoms with Gasteiger partial charge in [0.2, 0.25) is 5.28 Å². The summed E-state index contributed by atoms with van der Waals surface area (Å²) < 4.78 is 0. The molecule has 6 heteroatoms. The van der Waals surface area contributed by atoms with Crippen molar-refractivity contribution in [3.8, 4) is 0 Å². The Balaban J connectivity index is 2.30. The van der Waals surface area contributed by atoms with Gasteiger partial charge in [-0.15, -0.1) is 11.3 Å². The van der Waals surface area contributed by atoms with Gasteiger partial charge in [0, 0.05) is 11.9 Å². The Labute approximate surface area is 114 Å². The van der Waals surface area contributed by atoms with E-state index in [0.29, 0.717) is 10.8 Å². The first-order valence-electron chi connectivity index (χ1n) is 5.04. The second kappa shape index (κ2) is 5.21. The fourth-order valence-electron chi connectivity index (χ4n) is 1.49.